The predicted octanol–water partition coefficient (Wildman–Crippen LogP) is -5.72. The molecule has 5 aliphatic carbocycles. The SMILES string of the molecule is CC(C)P1(=O)OCc2ccccc2CO1.CCN(CC)P1OCc2ccccc2CO1.COC1C(O)C(O)[C@H](O)C(OC)C1O.COC1C(OP(=O)([O-])[O-])[C@H](OP(=O)([O-])[O-])[C@H](O[O-])C(OC)[C@@H]1OP(=O)([O-])[O-].COC1C(OP)C(OC)[C@@H](P=O)C(OP)C1P=O.COC1C2OC3OC1C(OC)[C@@H](O3)C2O.O.O=P[O-].OC1C2OC3OC1C(O)C(O3)C2O. The number of rotatable bonds is 23. The van der Waals surface area contributed by atoms with Gasteiger partial charge in [0.1, 0.15) is 165 Å². The lowest BCUT2D eigenvalue weighted by molar-refractivity contribution is -0.710. The Bertz CT molecular complexity index is 3470. The molecule has 0 radical (unpaired) electrons. The molecule has 122 heavy (non-hydrogen) atoms. The van der Waals surface area contributed by atoms with Crippen LogP contribution in [0.4, 0.5) is 0 Å². The molecular weight excluding hydrogens is 1850 g/mol. The van der Waals surface area contributed by atoms with E-state index in [0.29, 0.717) is 26.4 Å². The van der Waals surface area contributed by atoms with E-state index in [-0.39, 0.29) is 58.6 Å². The van der Waals surface area contributed by atoms with Gasteiger partial charge in [-0.3, -0.25) is 18.3 Å². The maximum atomic E-state index is 12.2. The molecule has 0 spiro atoms. The van der Waals surface area contributed by atoms with Gasteiger partial charge in [0.05, 0.1) is 81.7 Å². The Labute approximate surface area is 711 Å². The number of phosphoric ester groups is 3. The van der Waals surface area contributed by atoms with Crippen molar-refractivity contribution in [1.29, 1.82) is 0 Å². The molecule has 2 aromatic rings. The molecule has 21 unspecified atom stereocenters. The number of fused-ring (bicyclic) bond motifs is 2. The topological polar surface area (TPSA) is 722 Å². The summed E-state index contributed by atoms with van der Waals surface area (Å²) in [4.78, 5) is 77.6. The van der Waals surface area contributed by atoms with Crippen LogP contribution in [0, 0.1) is 0 Å². The van der Waals surface area contributed by atoms with Crippen LogP contribution in [0.2, 0.25) is 0 Å². The normalized spacial score (nSPS) is 37.9. The van der Waals surface area contributed by atoms with E-state index < -0.39 is 213 Å². The average molecular weight is 1950 g/mol. The zero-order valence-electron chi connectivity index (χ0n) is 67.1. The smallest absolute Gasteiger partial charge is 0.333 e. The molecule has 8 heterocycles. The number of nitrogens with zero attached hydrogens (tertiary/aromatic N) is 1. The Balaban J connectivity index is 0.000000254. The highest BCUT2D eigenvalue weighted by molar-refractivity contribution is 7.54. The maximum Gasteiger partial charge on any atom is 0.333 e. The number of ether oxygens (including phenoxy) is 14. The minimum atomic E-state index is -5.96. The van der Waals surface area contributed by atoms with E-state index in [1.54, 1.807) is 14.2 Å². The van der Waals surface area contributed by atoms with Crippen LogP contribution in [0.1, 0.15) is 49.9 Å². The second kappa shape index (κ2) is 52.1. The molecule has 706 valence electrons. The van der Waals surface area contributed by atoms with E-state index in [4.69, 9.17) is 103 Å². The van der Waals surface area contributed by atoms with Crippen LogP contribution < -0.4 is 39.5 Å². The van der Waals surface area contributed by atoms with Gasteiger partial charge in [0, 0.05) is 88.9 Å². The van der Waals surface area contributed by atoms with Crippen molar-refractivity contribution in [1.82, 2.24) is 4.67 Å². The average Bonchev–Trinajstić information content (AvgIpc) is 0.759. The fourth-order valence-corrected chi connectivity index (χ4v) is 21.5. The summed E-state index contributed by atoms with van der Waals surface area (Å²) in [6, 6.07) is 16.2. The van der Waals surface area contributed by atoms with Crippen LogP contribution in [0.3, 0.4) is 0 Å². The molecule has 27 atom stereocenters. The summed E-state index contributed by atoms with van der Waals surface area (Å²) in [5.41, 5.74) is 3.59. The summed E-state index contributed by atoms with van der Waals surface area (Å²) in [5, 5.41) is 87.5. The molecule has 6 saturated heterocycles. The minimum absolute atomic E-state index is 0. The van der Waals surface area contributed by atoms with Crippen molar-refractivity contribution in [2.75, 3.05) is 70.0 Å². The molecule has 5 saturated carbocycles. The molecule has 10 N–H and O–H groups in total. The van der Waals surface area contributed by atoms with Crippen LogP contribution in [0.5, 0.6) is 0 Å². The van der Waals surface area contributed by atoms with Crippen LogP contribution in [-0.4, -0.2) is 322 Å². The third kappa shape index (κ3) is 28.4. The lowest BCUT2D eigenvalue weighted by atomic mass is 9.82. The van der Waals surface area contributed by atoms with Crippen molar-refractivity contribution in [3.63, 3.8) is 0 Å². The van der Waals surface area contributed by atoms with Gasteiger partial charge in [0.15, 0.2) is 16.9 Å². The monoisotopic (exact) mass is 1950 g/mol. The quantitative estimate of drug-likeness (QED) is 0.0292. The van der Waals surface area contributed by atoms with Gasteiger partial charge in [-0.05, 0) is 22.3 Å². The minimum Gasteiger partial charge on any atom is -0.790 e. The van der Waals surface area contributed by atoms with Crippen molar-refractivity contribution >= 4 is 84.1 Å². The summed E-state index contributed by atoms with van der Waals surface area (Å²) in [6.07, 6.45) is -29.8. The fourth-order valence-electron chi connectivity index (χ4n) is 14.6. The summed E-state index contributed by atoms with van der Waals surface area (Å²) >= 11 is 0. The Hall–Kier alpha value is -0.730. The lowest BCUT2D eigenvalue weighted by Gasteiger charge is -2.57. The highest BCUT2D eigenvalue weighted by Gasteiger charge is 2.64. The van der Waals surface area contributed by atoms with Crippen LogP contribution in [0.15, 0.2) is 48.5 Å². The molecule has 59 heteroatoms. The number of hydrogen-bond donors (Lipinski definition) is 8. The third-order valence-corrected chi connectivity index (χ3v) is 28.2. The summed E-state index contributed by atoms with van der Waals surface area (Å²) in [7, 11) is -8.29. The lowest BCUT2D eigenvalue weighted by Crippen LogP contribution is -2.75. The number of hydrogen-bond acceptors (Lipinski definition) is 48. The zero-order valence-corrected chi connectivity index (χ0v) is 76.6. The summed E-state index contributed by atoms with van der Waals surface area (Å²) < 4.78 is 195. The molecule has 11 fully saturated rings. The fraction of sp³-hybridized carbons (Fsp3) is 0.810. The van der Waals surface area contributed by atoms with E-state index in [2.05, 4.69) is 68.0 Å². The van der Waals surface area contributed by atoms with Crippen LogP contribution in [0.25, 0.3) is 0 Å². The van der Waals surface area contributed by atoms with Crippen LogP contribution >= 0.6 is 84.1 Å². The Morgan fingerprint density at radius 3 is 1.03 bits per heavy atom. The number of methoxy groups -OCH3 is 8. The molecule has 49 nitrogen and oxygen atoms in total. The molecule has 15 rings (SSSR count). The van der Waals surface area contributed by atoms with Crippen molar-refractivity contribution in [3.05, 3.63) is 70.8 Å². The first kappa shape index (κ1) is 112. The first-order valence-electron chi connectivity index (χ1n) is 36.3. The van der Waals surface area contributed by atoms with Gasteiger partial charge in [-0.2, -0.15) is 0 Å². The first-order valence-corrected chi connectivity index (χ1v) is 46.9. The van der Waals surface area contributed by atoms with Crippen LogP contribution in [-0.2, 0) is 170 Å². The van der Waals surface area contributed by atoms with Gasteiger partial charge in [0.25, 0.3) is 21.5 Å². The van der Waals surface area contributed by atoms with Gasteiger partial charge in [-0.25, -0.2) is 4.67 Å². The largest absolute Gasteiger partial charge is 0.790 e. The molecule has 8 bridgehead atoms. The number of benzene rings is 2. The number of aliphatic hydroxyl groups excluding tert-OH is 8. The first-order chi connectivity index (χ1) is 57.2. The summed E-state index contributed by atoms with van der Waals surface area (Å²) in [5.74, 6) is 0. The van der Waals surface area contributed by atoms with E-state index >= 15 is 0 Å². The molecule has 8 aliphatic heterocycles. The molecule has 0 aromatic heterocycles. The Morgan fingerprint density at radius 1 is 0.443 bits per heavy atom. The van der Waals surface area contributed by atoms with Gasteiger partial charge < -0.3 is 211 Å². The molecule has 0 amide bonds. The van der Waals surface area contributed by atoms with E-state index in [1.807, 2.05) is 50.2 Å². The second-order valence-electron chi connectivity index (χ2n) is 27.4. The second-order valence-corrected chi connectivity index (χ2v) is 37.2. The number of phosphoric acid groups is 3. The van der Waals surface area contributed by atoms with Crippen molar-refractivity contribution in [2.45, 2.75) is 255 Å². The zero-order chi connectivity index (χ0) is 90.5. The summed E-state index contributed by atoms with van der Waals surface area (Å²) in [6.45, 7) is 10.5. The Morgan fingerprint density at radius 2 is 0.738 bits per heavy atom. The van der Waals surface area contributed by atoms with Gasteiger partial charge >= 0.3 is 7.60 Å². The van der Waals surface area contributed by atoms with Crippen molar-refractivity contribution in [2.24, 2.45) is 0 Å². The van der Waals surface area contributed by atoms with E-state index in [0.717, 1.165) is 38.4 Å². The predicted molar refractivity (Wildman–Crippen MR) is 401 cm³/mol. The van der Waals surface area contributed by atoms with Crippen molar-refractivity contribution < 1.29 is 230 Å². The van der Waals surface area contributed by atoms with E-state index in [1.165, 1.54) is 39.6 Å². The molecular formula is C63H103NO48P10-8. The van der Waals surface area contributed by atoms with Crippen molar-refractivity contribution in [3.8, 4) is 0 Å². The van der Waals surface area contributed by atoms with Gasteiger partial charge in [-0.15, -0.1) is 0 Å². The third-order valence-electron chi connectivity index (χ3n) is 20.5. The maximum absolute atomic E-state index is 12.2. The highest BCUT2D eigenvalue weighted by Crippen LogP contribution is 2.56. The van der Waals surface area contributed by atoms with Gasteiger partial charge in [0.2, 0.25) is 0 Å². The Kier molecular flexibility index (Phi) is 47.7. The highest BCUT2D eigenvalue weighted by atomic mass is 31.2. The van der Waals surface area contributed by atoms with E-state index in [9.17, 15) is 103 Å². The molecule has 13 aliphatic rings. The number of aliphatic hydroxyl groups is 8. The standard InChI is InChI=1S/C12H18NO2P.C11H15O3P.C9H14O6.C8H19O16P3.C8H16O6P4.C8H16O6.C7H10O6.HO2P.H2O/c1-3-13(4-2)16-14-9-11-7-5-6-8-12(11)10-15-16;1-9(2)15(12)13-7-10-5-3-4-6-11(10)8-14-15;1-11-6-4-3(10)5-7(12-2)8(6)15-9(13-4)14-5;1-19-3-5(21-9)8(24-27(16,17)18)7(23-26(13,14)15)4(20-2)6(3)22-25(10,11)12;1-11-4-3(13-15)5(12-2)8(18-10)6(14-16)7(4)17-9;1-13-7-4(10)3(9)5(11)8(14-2)6(7)12;8-1-4-2(9)6-3(10)5(1)12-7(11-4)13-6;1-3-2;/h5-8H,3-4,9-10H2,1-2H3;3-6,9H,7-8H2,1-2H3;3-10H,1-2H3;3-9H,1-2H3,(H2,10,11,12)(H2,13,14,15)(H2,16,17,18);3-8H,15-16H2,1-2H3;3-12H,1-2H3;1-10H;(H,1,2);1H2/p-8/t;;3?,4-,5?,6?,7?,8?,9?;3?,4?,5-,6+,7?,8-;3?,4?,5?,6?,7-,8?;3?,4-,5?,6?,7?,8?;;;/m..0110.../s1. The van der Waals surface area contributed by atoms with Gasteiger partial charge in [-0.1, -0.05) is 76.2 Å². The molecule has 2 aromatic carbocycles.